The van der Waals surface area contributed by atoms with Gasteiger partial charge < -0.3 is 15.8 Å². The molecule has 1 aromatic heterocycles. The quantitative estimate of drug-likeness (QED) is 0.509. The summed E-state index contributed by atoms with van der Waals surface area (Å²) in [7, 11) is 0. The molecular formula is C22H20FN5O4S. The molecule has 0 unspecified atom stereocenters. The van der Waals surface area contributed by atoms with Gasteiger partial charge in [0.2, 0.25) is 5.91 Å². The highest BCUT2D eigenvalue weighted by atomic mass is 32.1. The average Bonchev–Trinajstić information content (AvgIpc) is 3.34. The van der Waals surface area contributed by atoms with Crippen LogP contribution in [0.15, 0.2) is 48.5 Å². The molecule has 0 aliphatic carbocycles. The van der Waals surface area contributed by atoms with Gasteiger partial charge in [-0.05, 0) is 23.8 Å². The normalized spacial score (nSPS) is 15.3. The Bertz CT molecular complexity index is 1220. The number of rotatable bonds is 6. The van der Waals surface area contributed by atoms with Gasteiger partial charge >= 0.3 is 6.09 Å². The van der Waals surface area contributed by atoms with E-state index in [4.69, 9.17) is 10.5 Å². The molecule has 1 fully saturated rings. The third kappa shape index (κ3) is 4.93. The van der Waals surface area contributed by atoms with Crippen LogP contribution in [-0.4, -0.2) is 42.1 Å². The van der Waals surface area contributed by atoms with Crippen LogP contribution in [0.1, 0.15) is 17.3 Å². The van der Waals surface area contributed by atoms with Crippen molar-refractivity contribution in [2.45, 2.75) is 13.0 Å². The summed E-state index contributed by atoms with van der Waals surface area (Å²) < 4.78 is 19.9. The van der Waals surface area contributed by atoms with Crippen LogP contribution in [0.3, 0.4) is 0 Å². The number of nitrogens with two attached hydrogens (primary N) is 1. The first-order chi connectivity index (χ1) is 15.8. The number of cyclic esters (lactones) is 1. The molecule has 4 rings (SSSR count). The Morgan fingerprint density at radius 3 is 2.73 bits per heavy atom. The van der Waals surface area contributed by atoms with E-state index in [1.54, 1.807) is 0 Å². The molecule has 33 heavy (non-hydrogen) atoms. The summed E-state index contributed by atoms with van der Waals surface area (Å²) in [6.07, 6.45) is -1.21. The van der Waals surface area contributed by atoms with Crippen molar-refractivity contribution in [3.63, 3.8) is 0 Å². The van der Waals surface area contributed by atoms with E-state index < -0.39 is 23.9 Å². The van der Waals surface area contributed by atoms with E-state index in [9.17, 15) is 18.8 Å². The number of nitrogens with one attached hydrogen (secondary N) is 2. The lowest BCUT2D eigenvalue weighted by Gasteiger charge is -2.14. The molecule has 0 radical (unpaired) electrons. The fourth-order valence-corrected chi connectivity index (χ4v) is 4.18. The summed E-state index contributed by atoms with van der Waals surface area (Å²) in [5, 5.41) is 5.38. The van der Waals surface area contributed by atoms with Crippen LogP contribution in [0, 0.1) is 5.82 Å². The van der Waals surface area contributed by atoms with Gasteiger partial charge in [0.1, 0.15) is 17.7 Å². The molecule has 2 aromatic carbocycles. The van der Waals surface area contributed by atoms with E-state index in [-0.39, 0.29) is 41.2 Å². The molecule has 1 saturated heterocycles. The number of ether oxygens (including phenoxy) is 1. The van der Waals surface area contributed by atoms with Crippen LogP contribution in [-0.2, 0) is 9.53 Å². The lowest BCUT2D eigenvalue weighted by molar-refractivity contribution is -0.119. The van der Waals surface area contributed by atoms with Gasteiger partial charge in [0, 0.05) is 6.92 Å². The van der Waals surface area contributed by atoms with E-state index in [0.29, 0.717) is 4.88 Å². The van der Waals surface area contributed by atoms with Crippen LogP contribution >= 0.6 is 11.3 Å². The summed E-state index contributed by atoms with van der Waals surface area (Å²) >= 11 is 1.18. The zero-order chi connectivity index (χ0) is 23.5. The minimum Gasteiger partial charge on any atom is -0.442 e. The molecule has 0 bridgehead atoms. The van der Waals surface area contributed by atoms with E-state index in [0.717, 1.165) is 11.6 Å². The third-order valence-electron chi connectivity index (χ3n) is 4.87. The first kappa shape index (κ1) is 22.2. The second-order valence-corrected chi connectivity index (χ2v) is 8.27. The SMILES string of the molecule is CC(=O)NC[C@H]1CN(c2ccc(C(=O)Nc3nc(N)c(-c4ccccc4)s3)c(F)c2)C(=O)O1. The Morgan fingerprint density at radius 2 is 2.03 bits per heavy atom. The number of nitrogen functional groups attached to an aromatic ring is 1. The van der Waals surface area contributed by atoms with Crippen LogP contribution in [0.5, 0.6) is 0 Å². The molecule has 170 valence electrons. The van der Waals surface area contributed by atoms with Gasteiger partial charge in [0.15, 0.2) is 5.13 Å². The fourth-order valence-electron chi connectivity index (χ4n) is 3.30. The standard InChI is InChI=1S/C22H20FN5O4S/c1-12(29)25-10-15-11-28(22(31)32-15)14-7-8-16(17(23)9-14)20(30)27-21-26-19(24)18(33-21)13-5-3-2-4-6-13/h2-9,15H,10-11,24H2,1H3,(H,25,29)(H,26,27,30)/t15-/m0/s1. The second-order valence-electron chi connectivity index (χ2n) is 7.27. The number of hydrogen-bond acceptors (Lipinski definition) is 7. The van der Waals surface area contributed by atoms with E-state index in [1.165, 1.54) is 35.3 Å². The molecule has 3 amide bonds. The van der Waals surface area contributed by atoms with Crippen molar-refractivity contribution in [2.24, 2.45) is 0 Å². The molecule has 0 spiro atoms. The van der Waals surface area contributed by atoms with Gasteiger partial charge in [-0.2, -0.15) is 0 Å². The molecule has 3 aromatic rings. The van der Waals surface area contributed by atoms with Crippen LogP contribution in [0.2, 0.25) is 0 Å². The molecular weight excluding hydrogens is 449 g/mol. The van der Waals surface area contributed by atoms with Crippen molar-refractivity contribution in [3.05, 3.63) is 59.9 Å². The summed E-state index contributed by atoms with van der Waals surface area (Å²) in [6.45, 7) is 1.66. The van der Waals surface area contributed by atoms with Crippen molar-refractivity contribution in [3.8, 4) is 10.4 Å². The molecule has 11 heteroatoms. The number of thiazole rings is 1. The van der Waals surface area contributed by atoms with E-state index >= 15 is 0 Å². The maximum Gasteiger partial charge on any atom is 0.414 e. The Hall–Kier alpha value is -3.99. The van der Waals surface area contributed by atoms with Gasteiger partial charge in [0.25, 0.3) is 5.91 Å². The number of hydrogen-bond donors (Lipinski definition) is 3. The average molecular weight is 469 g/mol. The highest BCUT2D eigenvalue weighted by Gasteiger charge is 2.33. The third-order valence-corrected chi connectivity index (χ3v) is 5.91. The molecule has 4 N–H and O–H groups in total. The molecule has 9 nitrogen and oxygen atoms in total. The van der Waals surface area contributed by atoms with Gasteiger partial charge in [-0.3, -0.25) is 19.8 Å². The number of carbonyl (C=O) groups excluding carboxylic acids is 3. The number of anilines is 3. The Morgan fingerprint density at radius 1 is 1.27 bits per heavy atom. The Labute approximate surface area is 192 Å². The molecule has 1 atom stereocenters. The molecule has 0 saturated carbocycles. The fraction of sp³-hybridized carbons (Fsp3) is 0.182. The summed E-state index contributed by atoms with van der Waals surface area (Å²) in [6, 6.07) is 13.2. The Kier molecular flexibility index (Phi) is 6.22. The topological polar surface area (TPSA) is 127 Å². The van der Waals surface area contributed by atoms with Gasteiger partial charge in [-0.15, -0.1) is 0 Å². The van der Waals surface area contributed by atoms with E-state index in [1.807, 2.05) is 30.3 Å². The summed E-state index contributed by atoms with van der Waals surface area (Å²) in [5.41, 5.74) is 6.86. The van der Waals surface area contributed by atoms with Crippen molar-refractivity contribution >= 4 is 45.9 Å². The Balaban J connectivity index is 1.46. The highest BCUT2D eigenvalue weighted by molar-refractivity contribution is 7.19. The predicted octanol–water partition coefficient (Wildman–Crippen LogP) is 3.25. The minimum atomic E-state index is -0.809. The first-order valence-corrected chi connectivity index (χ1v) is 10.8. The van der Waals surface area contributed by atoms with E-state index in [2.05, 4.69) is 15.6 Å². The lowest BCUT2D eigenvalue weighted by atomic mass is 10.1. The van der Waals surface area contributed by atoms with Crippen LogP contribution in [0.4, 0.5) is 25.8 Å². The van der Waals surface area contributed by atoms with Crippen LogP contribution < -0.4 is 21.3 Å². The molecule has 2 heterocycles. The number of amides is 3. The summed E-state index contributed by atoms with van der Waals surface area (Å²) in [5.74, 6) is -1.49. The number of aromatic nitrogens is 1. The monoisotopic (exact) mass is 469 g/mol. The zero-order valence-electron chi connectivity index (χ0n) is 17.5. The predicted molar refractivity (Wildman–Crippen MR) is 123 cm³/mol. The van der Waals surface area contributed by atoms with Gasteiger partial charge in [-0.25, -0.2) is 14.2 Å². The first-order valence-electron chi connectivity index (χ1n) is 9.97. The maximum absolute atomic E-state index is 14.7. The van der Waals surface area contributed by atoms with Gasteiger partial charge in [-0.1, -0.05) is 41.7 Å². The summed E-state index contributed by atoms with van der Waals surface area (Å²) in [4.78, 5) is 41.9. The number of benzene rings is 2. The smallest absolute Gasteiger partial charge is 0.414 e. The van der Waals surface area contributed by atoms with Crippen LogP contribution in [0.25, 0.3) is 10.4 Å². The number of carbonyl (C=O) groups is 3. The van der Waals surface area contributed by atoms with Crippen molar-refractivity contribution < 1.29 is 23.5 Å². The minimum absolute atomic E-state index is 0.144. The van der Waals surface area contributed by atoms with Crippen molar-refractivity contribution in [2.75, 3.05) is 29.0 Å². The lowest BCUT2D eigenvalue weighted by Crippen LogP contribution is -2.33. The number of halogens is 1. The largest absolute Gasteiger partial charge is 0.442 e. The molecule has 1 aliphatic heterocycles. The van der Waals surface area contributed by atoms with Crippen molar-refractivity contribution in [1.82, 2.24) is 10.3 Å². The van der Waals surface area contributed by atoms with Gasteiger partial charge in [0.05, 0.1) is 29.2 Å². The maximum atomic E-state index is 14.7. The number of nitrogens with zero attached hydrogens (tertiary/aromatic N) is 2. The zero-order valence-corrected chi connectivity index (χ0v) is 18.3. The molecule has 1 aliphatic rings. The highest BCUT2D eigenvalue weighted by Crippen LogP contribution is 2.35. The van der Waals surface area contributed by atoms with Crippen molar-refractivity contribution in [1.29, 1.82) is 0 Å². The second kappa shape index (κ2) is 9.25.